The molecule has 0 spiro atoms. The molecular formula is C30H31F2N5O4S2. The fraction of sp³-hybridized carbons (Fsp3) is 0.367. The first-order valence-corrected chi connectivity index (χ1v) is 14.9. The molecule has 2 amide bonds. The number of thiazole rings is 1. The minimum Gasteiger partial charge on any atom is -0.496 e. The number of rotatable bonds is 9. The number of aromatic amines is 1. The maximum absolute atomic E-state index is 14.5. The van der Waals surface area contributed by atoms with Gasteiger partial charge in [0, 0.05) is 17.8 Å². The van der Waals surface area contributed by atoms with Gasteiger partial charge in [0.25, 0.3) is 5.91 Å². The molecule has 226 valence electrons. The fourth-order valence-electron chi connectivity index (χ4n) is 5.15. The summed E-state index contributed by atoms with van der Waals surface area (Å²) in [4.78, 5) is 46.9. The Bertz CT molecular complexity index is 1750. The molecule has 1 aliphatic rings. The number of hydrogen-bond acceptors (Lipinski definition) is 7. The molecule has 1 fully saturated rings. The Balaban J connectivity index is 1.42. The highest BCUT2D eigenvalue weighted by Crippen LogP contribution is 2.30. The van der Waals surface area contributed by atoms with Gasteiger partial charge in [0.1, 0.15) is 28.6 Å². The summed E-state index contributed by atoms with van der Waals surface area (Å²) in [7, 11) is 1.46. The number of nitrogens with zero attached hydrogens (tertiary/aromatic N) is 1. The van der Waals surface area contributed by atoms with Crippen LogP contribution in [0.2, 0.25) is 0 Å². The lowest BCUT2D eigenvalue weighted by Crippen LogP contribution is -2.56. The molecule has 13 heteroatoms. The van der Waals surface area contributed by atoms with Crippen LogP contribution in [0.5, 0.6) is 5.75 Å². The second kappa shape index (κ2) is 12.0. The van der Waals surface area contributed by atoms with E-state index in [-0.39, 0.29) is 39.1 Å². The number of benzene rings is 2. The van der Waals surface area contributed by atoms with Gasteiger partial charge in [0.2, 0.25) is 11.7 Å². The van der Waals surface area contributed by atoms with Crippen LogP contribution in [-0.2, 0) is 4.79 Å². The molecule has 3 atom stereocenters. The summed E-state index contributed by atoms with van der Waals surface area (Å²) in [6.07, 6.45) is 0.681. The number of hydrogen-bond donors (Lipinski definition) is 4. The average molecular weight is 628 g/mol. The molecule has 0 radical (unpaired) electrons. The average Bonchev–Trinajstić information content (AvgIpc) is 3.70. The third-order valence-corrected chi connectivity index (χ3v) is 8.86. The van der Waals surface area contributed by atoms with E-state index < -0.39 is 46.7 Å². The Morgan fingerprint density at radius 1 is 1.19 bits per heavy atom. The van der Waals surface area contributed by atoms with E-state index >= 15 is 0 Å². The van der Waals surface area contributed by atoms with Crippen LogP contribution in [0.15, 0.2) is 36.4 Å². The van der Waals surface area contributed by atoms with Gasteiger partial charge in [-0.15, -0.1) is 11.3 Å². The molecule has 1 saturated heterocycles. The van der Waals surface area contributed by atoms with Gasteiger partial charge >= 0.3 is 0 Å². The summed E-state index contributed by atoms with van der Waals surface area (Å²) >= 11 is 6.83. The lowest BCUT2D eigenvalue weighted by Gasteiger charge is -2.34. The van der Waals surface area contributed by atoms with Crippen molar-refractivity contribution in [3.8, 4) is 5.75 Å². The van der Waals surface area contributed by atoms with E-state index in [1.807, 2.05) is 20.8 Å². The summed E-state index contributed by atoms with van der Waals surface area (Å²) in [6, 6.07) is 7.00. The number of ketones is 1. The summed E-state index contributed by atoms with van der Waals surface area (Å²) in [5, 5.41) is 9.30. The topological polar surface area (TPSA) is 125 Å². The van der Waals surface area contributed by atoms with Crippen LogP contribution >= 0.6 is 23.6 Å². The number of amides is 2. The standard InChI is InChI=1S/C30H31F2N5O4S2/c1-30(2,3)25(37-27(40)19-13-15-20(41-4)9-8-17(32)22(15)34-19)28(42)35-18(12-14-10-11-33-26(14)39)24(38)29-36-23-16(31)6-5-7-21(23)43-29/h5-9,13-14,18,25,34H,10-12H2,1-4H3,(H,33,39)(H,35,42)(H,37,40)/t14-,18-,25+/m0/s1. The van der Waals surface area contributed by atoms with Gasteiger partial charge in [-0.1, -0.05) is 39.1 Å². The normalized spacial score (nSPS) is 16.6. The molecule has 9 nitrogen and oxygen atoms in total. The molecule has 3 heterocycles. The number of carbonyl (C=O) groups excluding carboxylic acids is 3. The molecule has 4 N–H and O–H groups in total. The van der Waals surface area contributed by atoms with Crippen molar-refractivity contribution in [2.45, 2.75) is 45.7 Å². The minimum absolute atomic E-state index is 0.0872. The fourth-order valence-corrected chi connectivity index (χ4v) is 6.68. The van der Waals surface area contributed by atoms with E-state index in [4.69, 9.17) is 17.0 Å². The number of H-pyrrole nitrogens is 1. The number of ether oxygens (including phenoxy) is 1. The summed E-state index contributed by atoms with van der Waals surface area (Å²) in [6.45, 7) is 6.12. The van der Waals surface area contributed by atoms with Crippen LogP contribution in [0.1, 0.15) is 53.9 Å². The van der Waals surface area contributed by atoms with E-state index in [0.29, 0.717) is 28.8 Å². The van der Waals surface area contributed by atoms with Gasteiger partial charge in [-0.3, -0.25) is 14.4 Å². The Kier molecular flexibility index (Phi) is 8.48. The van der Waals surface area contributed by atoms with E-state index in [1.54, 1.807) is 12.1 Å². The SMILES string of the molecule is COc1ccc(F)c2[nH]c(C(=O)N[C@H](C(=S)N[C@@H](C[C@@H]3CCNC3=O)C(=O)c3nc4c(F)cccc4s3)C(C)(C)C)cc12. The molecular weight excluding hydrogens is 596 g/mol. The Morgan fingerprint density at radius 3 is 2.60 bits per heavy atom. The van der Waals surface area contributed by atoms with Crippen LogP contribution in [0.3, 0.4) is 0 Å². The zero-order valence-corrected chi connectivity index (χ0v) is 25.6. The molecule has 4 aromatic rings. The van der Waals surface area contributed by atoms with Crippen LogP contribution < -0.4 is 20.7 Å². The van der Waals surface area contributed by atoms with Crippen LogP contribution in [0.25, 0.3) is 21.1 Å². The van der Waals surface area contributed by atoms with Crippen molar-refractivity contribution in [3.05, 3.63) is 58.7 Å². The Morgan fingerprint density at radius 2 is 1.95 bits per heavy atom. The zero-order valence-electron chi connectivity index (χ0n) is 24.0. The molecule has 43 heavy (non-hydrogen) atoms. The number of fused-ring (bicyclic) bond motifs is 2. The third kappa shape index (κ3) is 6.23. The second-order valence-corrected chi connectivity index (χ2v) is 13.0. The highest BCUT2D eigenvalue weighted by Gasteiger charge is 2.36. The van der Waals surface area contributed by atoms with Crippen molar-refractivity contribution in [3.63, 3.8) is 0 Å². The Hall–Kier alpha value is -3.97. The molecule has 0 aliphatic carbocycles. The van der Waals surface area contributed by atoms with E-state index in [9.17, 15) is 23.2 Å². The van der Waals surface area contributed by atoms with Crippen molar-refractivity contribution >= 4 is 67.3 Å². The predicted octanol–water partition coefficient (Wildman–Crippen LogP) is 4.90. The van der Waals surface area contributed by atoms with Crippen LogP contribution in [0, 0.1) is 23.0 Å². The number of aromatic nitrogens is 2. The number of Topliss-reactive ketones (excluding diaryl/α,β-unsaturated/α-hetero) is 1. The van der Waals surface area contributed by atoms with Gasteiger partial charge in [-0.2, -0.15) is 0 Å². The van der Waals surface area contributed by atoms with E-state index in [1.165, 1.54) is 31.4 Å². The third-order valence-electron chi connectivity index (χ3n) is 7.47. The Labute approximate surface area is 255 Å². The number of methoxy groups -OCH3 is 1. The summed E-state index contributed by atoms with van der Waals surface area (Å²) in [5.41, 5.74) is -0.291. The van der Waals surface area contributed by atoms with Crippen molar-refractivity contribution in [1.82, 2.24) is 25.9 Å². The lowest BCUT2D eigenvalue weighted by atomic mass is 9.85. The van der Waals surface area contributed by atoms with Gasteiger partial charge in [0.05, 0.1) is 34.4 Å². The monoisotopic (exact) mass is 627 g/mol. The number of nitrogens with one attached hydrogen (secondary N) is 4. The van der Waals surface area contributed by atoms with Crippen molar-refractivity contribution < 1.29 is 27.9 Å². The summed E-state index contributed by atoms with van der Waals surface area (Å²) in [5.74, 6) is -2.23. The molecule has 0 bridgehead atoms. The first-order chi connectivity index (χ1) is 20.4. The largest absolute Gasteiger partial charge is 0.496 e. The molecule has 1 aliphatic heterocycles. The van der Waals surface area contributed by atoms with Crippen LogP contribution in [-0.4, -0.2) is 58.3 Å². The number of carbonyl (C=O) groups is 3. The highest BCUT2D eigenvalue weighted by atomic mass is 32.1. The van der Waals surface area contributed by atoms with Crippen molar-refractivity contribution in [2.75, 3.05) is 13.7 Å². The molecule has 0 saturated carbocycles. The molecule has 0 unspecified atom stereocenters. The summed E-state index contributed by atoms with van der Waals surface area (Å²) < 4.78 is 34.7. The first-order valence-electron chi connectivity index (χ1n) is 13.7. The zero-order chi connectivity index (χ0) is 31.1. The maximum Gasteiger partial charge on any atom is 0.268 e. The van der Waals surface area contributed by atoms with Crippen molar-refractivity contribution in [2.24, 2.45) is 11.3 Å². The molecule has 5 rings (SSSR count). The van der Waals surface area contributed by atoms with Crippen LogP contribution in [0.4, 0.5) is 8.78 Å². The van der Waals surface area contributed by atoms with Gasteiger partial charge < -0.3 is 25.7 Å². The van der Waals surface area contributed by atoms with Gasteiger partial charge in [-0.05, 0) is 48.6 Å². The molecule has 2 aromatic heterocycles. The quantitative estimate of drug-likeness (QED) is 0.154. The number of para-hydroxylation sites is 1. The van der Waals surface area contributed by atoms with Crippen molar-refractivity contribution in [1.29, 1.82) is 0 Å². The first kappa shape index (κ1) is 30.5. The van der Waals surface area contributed by atoms with E-state index in [0.717, 1.165) is 11.3 Å². The highest BCUT2D eigenvalue weighted by molar-refractivity contribution is 7.80. The van der Waals surface area contributed by atoms with Gasteiger partial charge in [-0.25, -0.2) is 13.8 Å². The predicted molar refractivity (Wildman–Crippen MR) is 165 cm³/mol. The molecule has 2 aromatic carbocycles. The number of halogens is 2. The minimum atomic E-state index is -0.960. The van der Waals surface area contributed by atoms with E-state index in [2.05, 4.69) is 25.9 Å². The lowest BCUT2D eigenvalue weighted by molar-refractivity contribution is -0.122. The number of thiocarbonyl (C=S) groups is 1. The smallest absolute Gasteiger partial charge is 0.268 e. The maximum atomic E-state index is 14.5. The second-order valence-electron chi connectivity index (χ2n) is 11.5. The van der Waals surface area contributed by atoms with Gasteiger partial charge in [0.15, 0.2) is 5.01 Å².